The summed E-state index contributed by atoms with van der Waals surface area (Å²) in [7, 11) is 0. The molecular formula is C11H15NO2. The second-order valence-corrected chi connectivity index (χ2v) is 3.14. The van der Waals surface area contributed by atoms with E-state index in [-0.39, 0.29) is 12.4 Å². The molecule has 0 saturated carbocycles. The maximum absolute atomic E-state index is 11.1. The Morgan fingerprint density at radius 3 is 2.93 bits per heavy atom. The molecule has 76 valence electrons. The Kier molecular flexibility index (Phi) is 4.13. The van der Waals surface area contributed by atoms with Crippen molar-refractivity contribution >= 4 is 11.5 Å². The quantitative estimate of drug-likeness (QED) is 0.552. The monoisotopic (exact) mass is 193 g/mol. The third kappa shape index (κ3) is 3.18. The molecule has 0 amide bonds. The molecule has 14 heavy (non-hydrogen) atoms. The minimum atomic E-state index is 0.0656. The second kappa shape index (κ2) is 5.40. The highest BCUT2D eigenvalue weighted by molar-refractivity contribution is 5.94. The van der Waals surface area contributed by atoms with E-state index in [1.807, 2.05) is 18.2 Å². The number of carbonyl (C=O) groups is 1. The van der Waals surface area contributed by atoms with Crippen molar-refractivity contribution in [2.45, 2.75) is 13.3 Å². The Hall–Kier alpha value is -1.35. The summed E-state index contributed by atoms with van der Waals surface area (Å²) in [5.41, 5.74) is 1.63. The molecule has 1 aromatic carbocycles. The Labute approximate surface area is 83.8 Å². The first-order valence-electron chi connectivity index (χ1n) is 4.70. The highest BCUT2D eigenvalue weighted by Gasteiger charge is 1.99. The van der Waals surface area contributed by atoms with Gasteiger partial charge < -0.3 is 10.4 Å². The van der Waals surface area contributed by atoms with E-state index in [9.17, 15) is 4.79 Å². The highest BCUT2D eigenvalue weighted by Crippen LogP contribution is 2.10. The molecule has 1 rings (SSSR count). The summed E-state index contributed by atoms with van der Waals surface area (Å²) < 4.78 is 0. The molecule has 0 fully saturated rings. The van der Waals surface area contributed by atoms with E-state index in [0.29, 0.717) is 12.0 Å². The largest absolute Gasteiger partial charge is 0.396 e. The zero-order chi connectivity index (χ0) is 10.4. The number of anilines is 1. The fraction of sp³-hybridized carbons (Fsp3) is 0.364. The van der Waals surface area contributed by atoms with E-state index in [1.54, 1.807) is 13.0 Å². The number of Topliss-reactive ketones (excluding diaryl/α,β-unsaturated/α-hetero) is 1. The molecule has 1 aromatic rings. The minimum Gasteiger partial charge on any atom is -0.396 e. The van der Waals surface area contributed by atoms with Crippen LogP contribution in [0.2, 0.25) is 0 Å². The van der Waals surface area contributed by atoms with Gasteiger partial charge >= 0.3 is 0 Å². The Morgan fingerprint density at radius 2 is 2.29 bits per heavy atom. The summed E-state index contributed by atoms with van der Waals surface area (Å²) in [5.74, 6) is 0.0656. The molecule has 0 aromatic heterocycles. The van der Waals surface area contributed by atoms with Crippen molar-refractivity contribution in [3.05, 3.63) is 29.8 Å². The smallest absolute Gasteiger partial charge is 0.159 e. The van der Waals surface area contributed by atoms with E-state index < -0.39 is 0 Å². The van der Waals surface area contributed by atoms with Gasteiger partial charge in [0.25, 0.3) is 0 Å². The average Bonchev–Trinajstić information content (AvgIpc) is 2.19. The van der Waals surface area contributed by atoms with Crippen molar-refractivity contribution in [3.8, 4) is 0 Å². The second-order valence-electron chi connectivity index (χ2n) is 3.14. The number of aliphatic hydroxyl groups is 1. The number of carbonyl (C=O) groups excluding carboxylic acids is 1. The van der Waals surface area contributed by atoms with E-state index in [1.165, 1.54) is 0 Å². The van der Waals surface area contributed by atoms with Crippen molar-refractivity contribution in [1.29, 1.82) is 0 Å². The lowest BCUT2D eigenvalue weighted by Gasteiger charge is -2.05. The fourth-order valence-electron chi connectivity index (χ4n) is 1.16. The average molecular weight is 193 g/mol. The van der Waals surface area contributed by atoms with Gasteiger partial charge in [-0.05, 0) is 25.5 Å². The normalized spacial score (nSPS) is 9.86. The van der Waals surface area contributed by atoms with Gasteiger partial charge in [-0.25, -0.2) is 0 Å². The number of nitrogens with one attached hydrogen (secondary N) is 1. The van der Waals surface area contributed by atoms with E-state index in [2.05, 4.69) is 5.32 Å². The standard InChI is InChI=1S/C11H15NO2/c1-9(14)10-4-2-5-11(8-10)12-6-3-7-13/h2,4-5,8,12-13H,3,6-7H2,1H3. The summed E-state index contributed by atoms with van der Waals surface area (Å²) in [6, 6.07) is 7.36. The van der Waals surface area contributed by atoms with Crippen LogP contribution < -0.4 is 5.32 Å². The summed E-state index contributed by atoms with van der Waals surface area (Å²) in [6.45, 7) is 2.45. The molecule has 0 atom stereocenters. The highest BCUT2D eigenvalue weighted by atomic mass is 16.3. The molecule has 0 aliphatic rings. The first-order chi connectivity index (χ1) is 6.74. The van der Waals surface area contributed by atoms with Crippen molar-refractivity contribution in [2.24, 2.45) is 0 Å². The maximum atomic E-state index is 11.1. The van der Waals surface area contributed by atoms with Crippen LogP contribution in [-0.2, 0) is 0 Å². The SMILES string of the molecule is CC(=O)c1cccc(NCCCO)c1. The van der Waals surface area contributed by atoms with Crippen LogP contribution in [0, 0.1) is 0 Å². The van der Waals surface area contributed by atoms with Crippen molar-refractivity contribution in [1.82, 2.24) is 0 Å². The first-order valence-corrected chi connectivity index (χ1v) is 4.70. The number of hydrogen-bond donors (Lipinski definition) is 2. The number of ketones is 1. The predicted octanol–water partition coefficient (Wildman–Crippen LogP) is 1.68. The Balaban J connectivity index is 2.59. The van der Waals surface area contributed by atoms with Gasteiger partial charge in [0, 0.05) is 24.4 Å². The fourth-order valence-corrected chi connectivity index (χ4v) is 1.16. The molecule has 0 radical (unpaired) electrons. The third-order valence-electron chi connectivity index (χ3n) is 1.93. The van der Waals surface area contributed by atoms with E-state index in [0.717, 1.165) is 12.2 Å². The van der Waals surface area contributed by atoms with Crippen molar-refractivity contribution < 1.29 is 9.90 Å². The molecule has 0 spiro atoms. The molecule has 0 saturated heterocycles. The van der Waals surface area contributed by atoms with Gasteiger partial charge in [0.2, 0.25) is 0 Å². The lowest BCUT2D eigenvalue weighted by molar-refractivity contribution is 0.101. The first kappa shape index (κ1) is 10.7. The van der Waals surface area contributed by atoms with Crippen LogP contribution in [0.25, 0.3) is 0 Å². The van der Waals surface area contributed by atoms with Crippen LogP contribution in [0.5, 0.6) is 0 Å². The summed E-state index contributed by atoms with van der Waals surface area (Å²) in [5, 5.41) is 11.7. The molecule has 0 unspecified atom stereocenters. The third-order valence-corrected chi connectivity index (χ3v) is 1.93. The van der Waals surface area contributed by atoms with Crippen LogP contribution >= 0.6 is 0 Å². The molecule has 0 aliphatic heterocycles. The summed E-state index contributed by atoms with van der Waals surface area (Å²) in [6.07, 6.45) is 0.713. The van der Waals surface area contributed by atoms with Gasteiger partial charge in [-0.1, -0.05) is 12.1 Å². The molecule has 3 nitrogen and oxygen atoms in total. The van der Waals surface area contributed by atoms with Gasteiger partial charge in [-0.2, -0.15) is 0 Å². The van der Waals surface area contributed by atoms with Gasteiger partial charge in [0.15, 0.2) is 5.78 Å². The molecule has 2 N–H and O–H groups in total. The Morgan fingerprint density at radius 1 is 1.50 bits per heavy atom. The lowest BCUT2D eigenvalue weighted by Crippen LogP contribution is -2.04. The van der Waals surface area contributed by atoms with E-state index in [4.69, 9.17) is 5.11 Å². The van der Waals surface area contributed by atoms with Gasteiger partial charge in [0.05, 0.1) is 0 Å². The van der Waals surface area contributed by atoms with Gasteiger partial charge in [-0.15, -0.1) is 0 Å². The minimum absolute atomic E-state index is 0.0656. The number of rotatable bonds is 5. The molecule has 0 heterocycles. The number of benzene rings is 1. The molecule has 3 heteroatoms. The molecule has 0 bridgehead atoms. The summed E-state index contributed by atoms with van der Waals surface area (Å²) >= 11 is 0. The van der Waals surface area contributed by atoms with Crippen LogP contribution in [0.4, 0.5) is 5.69 Å². The maximum Gasteiger partial charge on any atom is 0.159 e. The van der Waals surface area contributed by atoms with Crippen molar-refractivity contribution in [2.75, 3.05) is 18.5 Å². The topological polar surface area (TPSA) is 49.3 Å². The molecule has 0 aliphatic carbocycles. The van der Waals surface area contributed by atoms with Crippen LogP contribution in [0.3, 0.4) is 0 Å². The zero-order valence-electron chi connectivity index (χ0n) is 8.29. The predicted molar refractivity (Wildman–Crippen MR) is 56.6 cm³/mol. The number of hydrogen-bond acceptors (Lipinski definition) is 3. The van der Waals surface area contributed by atoms with Crippen LogP contribution in [0.15, 0.2) is 24.3 Å². The van der Waals surface area contributed by atoms with Gasteiger partial charge in [-0.3, -0.25) is 4.79 Å². The number of aliphatic hydroxyl groups excluding tert-OH is 1. The summed E-state index contributed by atoms with van der Waals surface area (Å²) in [4.78, 5) is 11.1. The molecular weight excluding hydrogens is 178 g/mol. The Bertz CT molecular complexity index is 310. The lowest BCUT2D eigenvalue weighted by atomic mass is 10.1. The van der Waals surface area contributed by atoms with Crippen LogP contribution in [-0.4, -0.2) is 24.0 Å². The van der Waals surface area contributed by atoms with Gasteiger partial charge in [0.1, 0.15) is 0 Å². The van der Waals surface area contributed by atoms with Crippen molar-refractivity contribution in [3.63, 3.8) is 0 Å². The van der Waals surface area contributed by atoms with Crippen LogP contribution in [0.1, 0.15) is 23.7 Å². The zero-order valence-corrected chi connectivity index (χ0v) is 8.29. The van der Waals surface area contributed by atoms with E-state index >= 15 is 0 Å².